The van der Waals surface area contributed by atoms with Gasteiger partial charge in [-0.15, -0.1) is 0 Å². The van der Waals surface area contributed by atoms with Crippen molar-refractivity contribution in [2.24, 2.45) is 5.73 Å². The molecule has 0 aliphatic rings. The van der Waals surface area contributed by atoms with Crippen molar-refractivity contribution >= 4 is 0 Å². The molecule has 2 N–H and O–H groups in total. The largest absolute Gasteiger partial charge is 0.376 e. The van der Waals surface area contributed by atoms with E-state index in [0.29, 0.717) is 13.2 Å². The molecule has 17 heavy (non-hydrogen) atoms. The first kappa shape index (κ1) is 16.9. The maximum absolute atomic E-state index is 6.15. The molecule has 0 aromatic heterocycles. The van der Waals surface area contributed by atoms with Gasteiger partial charge >= 0.3 is 0 Å². The van der Waals surface area contributed by atoms with Crippen LogP contribution in [-0.2, 0) is 9.47 Å². The summed E-state index contributed by atoms with van der Waals surface area (Å²) in [6.07, 6.45) is 3.14. The Morgan fingerprint density at radius 2 is 1.65 bits per heavy atom. The van der Waals surface area contributed by atoms with Gasteiger partial charge in [0, 0.05) is 5.54 Å². The molecule has 2 atom stereocenters. The van der Waals surface area contributed by atoms with Gasteiger partial charge in [-0.1, -0.05) is 13.8 Å². The van der Waals surface area contributed by atoms with E-state index in [-0.39, 0.29) is 17.2 Å². The zero-order valence-electron chi connectivity index (χ0n) is 12.5. The summed E-state index contributed by atoms with van der Waals surface area (Å²) in [7, 11) is 0. The van der Waals surface area contributed by atoms with Crippen molar-refractivity contribution in [2.75, 3.05) is 13.2 Å². The second kappa shape index (κ2) is 7.34. The second-order valence-electron chi connectivity index (χ2n) is 6.07. The highest BCUT2D eigenvalue weighted by Crippen LogP contribution is 2.17. The van der Waals surface area contributed by atoms with E-state index < -0.39 is 0 Å². The van der Waals surface area contributed by atoms with Crippen LogP contribution >= 0.6 is 0 Å². The molecule has 0 fully saturated rings. The Morgan fingerprint density at radius 3 is 2.06 bits per heavy atom. The monoisotopic (exact) mass is 245 g/mol. The molecule has 0 aliphatic heterocycles. The molecule has 0 amide bonds. The zero-order chi connectivity index (χ0) is 13.5. The van der Waals surface area contributed by atoms with Crippen LogP contribution in [0.2, 0.25) is 0 Å². The molecule has 3 heteroatoms. The van der Waals surface area contributed by atoms with Crippen LogP contribution in [0.5, 0.6) is 0 Å². The molecule has 0 bridgehead atoms. The van der Waals surface area contributed by atoms with Gasteiger partial charge in [-0.25, -0.2) is 0 Å². The van der Waals surface area contributed by atoms with Crippen LogP contribution in [0.3, 0.4) is 0 Å². The molecule has 0 aromatic rings. The van der Waals surface area contributed by atoms with E-state index in [4.69, 9.17) is 15.2 Å². The van der Waals surface area contributed by atoms with E-state index >= 15 is 0 Å². The standard InChI is InChI=1S/C14H31NO2/c1-7-12(11-14(6,15)8-2)16-9-10-17-13(3,4)5/h12H,7-11,15H2,1-6H3. The predicted molar refractivity (Wildman–Crippen MR) is 73.2 cm³/mol. The number of rotatable bonds is 8. The summed E-state index contributed by atoms with van der Waals surface area (Å²) >= 11 is 0. The minimum atomic E-state index is -0.119. The molecular formula is C14H31NO2. The smallest absolute Gasteiger partial charge is 0.0707 e. The van der Waals surface area contributed by atoms with E-state index in [2.05, 4.69) is 41.5 Å². The van der Waals surface area contributed by atoms with E-state index in [1.54, 1.807) is 0 Å². The fraction of sp³-hybridized carbons (Fsp3) is 1.00. The van der Waals surface area contributed by atoms with Crippen molar-refractivity contribution in [3.05, 3.63) is 0 Å². The van der Waals surface area contributed by atoms with Crippen LogP contribution in [0.25, 0.3) is 0 Å². The molecule has 2 unspecified atom stereocenters. The number of hydrogen-bond acceptors (Lipinski definition) is 3. The van der Waals surface area contributed by atoms with Gasteiger partial charge < -0.3 is 15.2 Å². The minimum absolute atomic E-state index is 0.0864. The summed E-state index contributed by atoms with van der Waals surface area (Å²) in [6.45, 7) is 13.8. The molecule has 0 spiro atoms. The van der Waals surface area contributed by atoms with Crippen molar-refractivity contribution in [1.29, 1.82) is 0 Å². The average molecular weight is 245 g/mol. The van der Waals surface area contributed by atoms with Crippen molar-refractivity contribution < 1.29 is 9.47 Å². The topological polar surface area (TPSA) is 44.5 Å². The Morgan fingerprint density at radius 1 is 1.06 bits per heavy atom. The number of hydrogen-bond donors (Lipinski definition) is 1. The molecular weight excluding hydrogens is 214 g/mol. The molecule has 0 radical (unpaired) electrons. The first-order chi connectivity index (χ1) is 7.70. The predicted octanol–water partition coefficient (Wildman–Crippen LogP) is 3.11. The third-order valence-corrected chi connectivity index (χ3v) is 2.93. The Kier molecular flexibility index (Phi) is 7.29. The lowest BCUT2D eigenvalue weighted by molar-refractivity contribution is -0.0567. The average Bonchev–Trinajstić information content (AvgIpc) is 2.21. The highest BCUT2D eigenvalue weighted by Gasteiger charge is 2.21. The van der Waals surface area contributed by atoms with Crippen LogP contribution in [0.15, 0.2) is 0 Å². The zero-order valence-corrected chi connectivity index (χ0v) is 12.5. The molecule has 0 heterocycles. The molecule has 0 aromatic carbocycles. The van der Waals surface area contributed by atoms with E-state index in [1.165, 1.54) is 0 Å². The Bertz CT molecular complexity index is 197. The number of ether oxygens (including phenoxy) is 2. The Balaban J connectivity index is 3.84. The molecule has 0 saturated heterocycles. The van der Waals surface area contributed by atoms with Gasteiger partial charge in [0.15, 0.2) is 0 Å². The van der Waals surface area contributed by atoms with Crippen molar-refractivity contribution in [1.82, 2.24) is 0 Å². The molecule has 0 aliphatic carbocycles. The lowest BCUT2D eigenvalue weighted by Crippen LogP contribution is -2.40. The van der Waals surface area contributed by atoms with E-state index in [9.17, 15) is 0 Å². The van der Waals surface area contributed by atoms with Crippen LogP contribution in [0.1, 0.15) is 60.8 Å². The summed E-state index contributed by atoms with van der Waals surface area (Å²) in [5.74, 6) is 0. The van der Waals surface area contributed by atoms with E-state index in [1.807, 2.05) is 0 Å². The summed E-state index contributed by atoms with van der Waals surface area (Å²) < 4.78 is 11.4. The summed E-state index contributed by atoms with van der Waals surface area (Å²) in [5, 5.41) is 0. The maximum Gasteiger partial charge on any atom is 0.0707 e. The van der Waals surface area contributed by atoms with Gasteiger partial charge in [0.2, 0.25) is 0 Å². The normalized spacial score (nSPS) is 17.8. The van der Waals surface area contributed by atoms with Gasteiger partial charge in [-0.3, -0.25) is 0 Å². The molecule has 104 valence electrons. The fourth-order valence-corrected chi connectivity index (χ4v) is 1.55. The van der Waals surface area contributed by atoms with Gasteiger partial charge in [-0.05, 0) is 47.0 Å². The van der Waals surface area contributed by atoms with Gasteiger partial charge in [-0.2, -0.15) is 0 Å². The molecule has 3 nitrogen and oxygen atoms in total. The molecule has 0 rings (SSSR count). The number of nitrogens with two attached hydrogens (primary N) is 1. The summed E-state index contributed by atoms with van der Waals surface area (Å²) in [6, 6.07) is 0. The maximum atomic E-state index is 6.15. The third-order valence-electron chi connectivity index (χ3n) is 2.93. The van der Waals surface area contributed by atoms with E-state index in [0.717, 1.165) is 19.3 Å². The highest BCUT2D eigenvalue weighted by molar-refractivity contribution is 4.80. The fourth-order valence-electron chi connectivity index (χ4n) is 1.55. The minimum Gasteiger partial charge on any atom is -0.376 e. The Labute approximate surface area is 107 Å². The van der Waals surface area contributed by atoms with Crippen molar-refractivity contribution in [3.8, 4) is 0 Å². The Hall–Kier alpha value is -0.120. The lowest BCUT2D eigenvalue weighted by atomic mass is 9.92. The second-order valence-corrected chi connectivity index (χ2v) is 6.07. The summed E-state index contributed by atoms with van der Waals surface area (Å²) in [4.78, 5) is 0. The van der Waals surface area contributed by atoms with Gasteiger partial charge in [0.05, 0.1) is 24.9 Å². The highest BCUT2D eigenvalue weighted by atomic mass is 16.5. The van der Waals surface area contributed by atoms with Crippen molar-refractivity contribution in [2.45, 2.75) is 78.0 Å². The first-order valence-electron chi connectivity index (χ1n) is 6.74. The SMILES string of the molecule is CCC(CC(C)(N)CC)OCCOC(C)(C)C. The lowest BCUT2D eigenvalue weighted by Gasteiger charge is -2.28. The van der Waals surface area contributed by atoms with Crippen LogP contribution in [0, 0.1) is 0 Å². The van der Waals surface area contributed by atoms with Crippen LogP contribution in [0.4, 0.5) is 0 Å². The van der Waals surface area contributed by atoms with Crippen LogP contribution in [-0.4, -0.2) is 30.5 Å². The first-order valence-corrected chi connectivity index (χ1v) is 6.74. The third kappa shape index (κ3) is 9.57. The molecule has 0 saturated carbocycles. The quantitative estimate of drug-likeness (QED) is 0.668. The van der Waals surface area contributed by atoms with Crippen LogP contribution < -0.4 is 5.73 Å². The van der Waals surface area contributed by atoms with Gasteiger partial charge in [0.25, 0.3) is 0 Å². The van der Waals surface area contributed by atoms with Crippen molar-refractivity contribution in [3.63, 3.8) is 0 Å². The van der Waals surface area contributed by atoms with Gasteiger partial charge in [0.1, 0.15) is 0 Å². The summed E-state index contributed by atoms with van der Waals surface area (Å²) in [5.41, 5.74) is 5.95.